The molecule has 0 aromatic heterocycles. The van der Waals surface area contributed by atoms with Gasteiger partial charge in [-0.1, -0.05) is 31.5 Å². The molecule has 1 amide bonds. The smallest absolute Gasteiger partial charge is 0.221 e. The van der Waals surface area contributed by atoms with E-state index in [1.807, 2.05) is 6.92 Å². The van der Waals surface area contributed by atoms with Crippen LogP contribution in [0, 0.1) is 5.82 Å². The molecule has 0 aliphatic carbocycles. The highest BCUT2D eigenvalue weighted by molar-refractivity contribution is 7.88. The molecule has 0 fully saturated rings. The minimum absolute atomic E-state index is 0.0608. The van der Waals surface area contributed by atoms with E-state index in [1.54, 1.807) is 18.2 Å². The standard InChI is InChI=1S/C15H23FN2O3S/c1-3-4-10-18(22(2,20)21)11-9-15(19)17-12-13-7-5-6-8-14(13)16/h5-8H,3-4,9-12H2,1-2H3,(H,17,19). The zero-order chi connectivity index (χ0) is 16.6. The van der Waals surface area contributed by atoms with Crippen molar-refractivity contribution < 1.29 is 17.6 Å². The monoisotopic (exact) mass is 330 g/mol. The van der Waals surface area contributed by atoms with Gasteiger partial charge in [0.15, 0.2) is 0 Å². The van der Waals surface area contributed by atoms with Crippen LogP contribution in [-0.2, 0) is 21.4 Å². The molecule has 0 unspecified atom stereocenters. The summed E-state index contributed by atoms with van der Waals surface area (Å²) in [7, 11) is -3.31. The number of hydrogen-bond acceptors (Lipinski definition) is 3. The minimum atomic E-state index is -3.31. The topological polar surface area (TPSA) is 66.5 Å². The van der Waals surface area contributed by atoms with Crippen LogP contribution in [-0.4, -0.2) is 38.0 Å². The van der Waals surface area contributed by atoms with Gasteiger partial charge in [-0.25, -0.2) is 17.1 Å². The molecule has 1 rings (SSSR count). The number of benzene rings is 1. The van der Waals surface area contributed by atoms with Crippen LogP contribution in [0.15, 0.2) is 24.3 Å². The zero-order valence-corrected chi connectivity index (χ0v) is 13.8. The lowest BCUT2D eigenvalue weighted by Gasteiger charge is -2.19. The maximum Gasteiger partial charge on any atom is 0.221 e. The van der Waals surface area contributed by atoms with Crippen molar-refractivity contribution in [2.75, 3.05) is 19.3 Å². The van der Waals surface area contributed by atoms with Crippen molar-refractivity contribution in [3.63, 3.8) is 0 Å². The van der Waals surface area contributed by atoms with Crippen molar-refractivity contribution in [3.05, 3.63) is 35.6 Å². The summed E-state index contributed by atoms with van der Waals surface area (Å²) in [5, 5.41) is 2.60. The number of carbonyl (C=O) groups is 1. The number of halogens is 1. The normalized spacial score (nSPS) is 11.6. The van der Waals surface area contributed by atoms with Gasteiger partial charge in [0.25, 0.3) is 0 Å². The number of nitrogens with one attached hydrogen (secondary N) is 1. The van der Waals surface area contributed by atoms with Crippen LogP contribution < -0.4 is 5.32 Å². The molecule has 124 valence electrons. The highest BCUT2D eigenvalue weighted by Crippen LogP contribution is 2.06. The maximum absolute atomic E-state index is 13.4. The summed E-state index contributed by atoms with van der Waals surface area (Å²) < 4.78 is 38.0. The maximum atomic E-state index is 13.4. The molecular weight excluding hydrogens is 307 g/mol. The van der Waals surface area contributed by atoms with Gasteiger partial charge in [0.05, 0.1) is 6.26 Å². The average molecular weight is 330 g/mol. The molecule has 0 radical (unpaired) electrons. The summed E-state index contributed by atoms with van der Waals surface area (Å²) in [5.41, 5.74) is 0.404. The van der Waals surface area contributed by atoms with Gasteiger partial charge in [-0.3, -0.25) is 4.79 Å². The Morgan fingerprint density at radius 1 is 1.27 bits per heavy atom. The molecule has 1 aromatic carbocycles. The Bertz CT molecular complexity index is 590. The van der Waals surface area contributed by atoms with Gasteiger partial charge in [-0.2, -0.15) is 0 Å². The number of amides is 1. The van der Waals surface area contributed by atoms with Gasteiger partial charge in [0, 0.05) is 31.6 Å². The molecule has 0 saturated carbocycles. The highest BCUT2D eigenvalue weighted by atomic mass is 32.2. The molecule has 1 N–H and O–H groups in total. The Hall–Kier alpha value is -1.47. The summed E-state index contributed by atoms with van der Waals surface area (Å²) in [4.78, 5) is 11.8. The molecule has 1 aromatic rings. The largest absolute Gasteiger partial charge is 0.352 e. The first-order chi connectivity index (χ1) is 10.3. The van der Waals surface area contributed by atoms with E-state index in [2.05, 4.69) is 5.32 Å². The Morgan fingerprint density at radius 2 is 1.95 bits per heavy atom. The second kappa shape index (κ2) is 8.85. The van der Waals surface area contributed by atoms with E-state index in [9.17, 15) is 17.6 Å². The molecule has 0 heterocycles. The molecular formula is C15H23FN2O3S. The molecule has 5 nitrogen and oxygen atoms in total. The van der Waals surface area contributed by atoms with E-state index in [0.717, 1.165) is 19.1 Å². The van der Waals surface area contributed by atoms with E-state index < -0.39 is 10.0 Å². The van der Waals surface area contributed by atoms with Gasteiger partial charge in [0.2, 0.25) is 15.9 Å². The van der Waals surface area contributed by atoms with Crippen LogP contribution in [0.5, 0.6) is 0 Å². The second-order valence-corrected chi connectivity index (χ2v) is 7.12. The lowest BCUT2D eigenvalue weighted by atomic mass is 10.2. The van der Waals surface area contributed by atoms with E-state index in [1.165, 1.54) is 10.4 Å². The van der Waals surface area contributed by atoms with Crippen LogP contribution in [0.25, 0.3) is 0 Å². The first kappa shape index (κ1) is 18.6. The molecule has 0 atom stereocenters. The second-order valence-electron chi connectivity index (χ2n) is 5.13. The van der Waals surface area contributed by atoms with Gasteiger partial charge < -0.3 is 5.32 Å². The molecule has 22 heavy (non-hydrogen) atoms. The molecule has 0 bridgehead atoms. The molecule has 0 aliphatic rings. The lowest BCUT2D eigenvalue weighted by molar-refractivity contribution is -0.121. The fourth-order valence-electron chi connectivity index (χ4n) is 1.93. The predicted molar refractivity (Wildman–Crippen MR) is 84.2 cm³/mol. The number of unbranched alkanes of at least 4 members (excludes halogenated alkanes) is 1. The Morgan fingerprint density at radius 3 is 2.55 bits per heavy atom. The number of nitrogens with zero attached hydrogens (tertiary/aromatic N) is 1. The fraction of sp³-hybridized carbons (Fsp3) is 0.533. The van der Waals surface area contributed by atoms with Crippen LogP contribution in [0.2, 0.25) is 0 Å². The van der Waals surface area contributed by atoms with Crippen LogP contribution >= 0.6 is 0 Å². The quantitative estimate of drug-likeness (QED) is 0.752. The summed E-state index contributed by atoms with van der Waals surface area (Å²) in [6, 6.07) is 6.20. The van der Waals surface area contributed by atoms with Gasteiger partial charge in [-0.05, 0) is 12.5 Å². The number of sulfonamides is 1. The summed E-state index contributed by atoms with van der Waals surface area (Å²) >= 11 is 0. The lowest BCUT2D eigenvalue weighted by Crippen LogP contribution is -2.35. The van der Waals surface area contributed by atoms with Crippen LogP contribution in [0.1, 0.15) is 31.7 Å². The molecule has 0 spiro atoms. The Kier molecular flexibility index (Phi) is 7.47. The van der Waals surface area contributed by atoms with Crippen molar-refractivity contribution in [3.8, 4) is 0 Å². The SMILES string of the molecule is CCCCN(CCC(=O)NCc1ccccc1F)S(C)(=O)=O. The van der Waals surface area contributed by atoms with Gasteiger partial charge >= 0.3 is 0 Å². The fourth-order valence-corrected chi connectivity index (χ4v) is 2.81. The van der Waals surface area contributed by atoms with E-state index >= 15 is 0 Å². The number of hydrogen-bond donors (Lipinski definition) is 1. The highest BCUT2D eigenvalue weighted by Gasteiger charge is 2.17. The van der Waals surface area contributed by atoms with Crippen molar-refractivity contribution in [1.29, 1.82) is 0 Å². The predicted octanol–water partition coefficient (Wildman–Crippen LogP) is 1.89. The Labute approximate surface area is 131 Å². The number of rotatable bonds is 9. The van der Waals surface area contributed by atoms with Crippen molar-refractivity contribution >= 4 is 15.9 Å². The third kappa shape index (κ3) is 6.53. The average Bonchev–Trinajstić information content (AvgIpc) is 2.45. The van der Waals surface area contributed by atoms with Gasteiger partial charge in [-0.15, -0.1) is 0 Å². The summed E-state index contributed by atoms with van der Waals surface area (Å²) in [6.07, 6.45) is 2.83. The van der Waals surface area contributed by atoms with Crippen molar-refractivity contribution in [2.45, 2.75) is 32.7 Å². The van der Waals surface area contributed by atoms with Crippen LogP contribution in [0.3, 0.4) is 0 Å². The van der Waals surface area contributed by atoms with Gasteiger partial charge in [0.1, 0.15) is 5.82 Å². The minimum Gasteiger partial charge on any atom is -0.352 e. The molecule has 0 aliphatic heterocycles. The van der Waals surface area contributed by atoms with Crippen molar-refractivity contribution in [2.24, 2.45) is 0 Å². The zero-order valence-electron chi connectivity index (χ0n) is 13.0. The van der Waals surface area contributed by atoms with E-state index in [4.69, 9.17) is 0 Å². The number of carbonyl (C=O) groups excluding carboxylic acids is 1. The molecule has 0 saturated heterocycles. The Balaban J connectivity index is 2.45. The summed E-state index contributed by atoms with van der Waals surface area (Å²) in [6.45, 7) is 2.62. The third-order valence-electron chi connectivity index (χ3n) is 3.25. The summed E-state index contributed by atoms with van der Waals surface area (Å²) in [5.74, 6) is -0.670. The van der Waals surface area contributed by atoms with Crippen molar-refractivity contribution in [1.82, 2.24) is 9.62 Å². The van der Waals surface area contributed by atoms with E-state index in [0.29, 0.717) is 12.1 Å². The van der Waals surface area contributed by atoms with E-state index in [-0.39, 0.29) is 31.2 Å². The molecule has 7 heteroatoms. The third-order valence-corrected chi connectivity index (χ3v) is 4.56. The first-order valence-corrected chi connectivity index (χ1v) is 9.14. The first-order valence-electron chi connectivity index (χ1n) is 7.29. The van der Waals surface area contributed by atoms with Crippen LogP contribution in [0.4, 0.5) is 4.39 Å².